The predicted octanol–water partition coefficient (Wildman–Crippen LogP) is 3.94. The third-order valence-corrected chi connectivity index (χ3v) is 3.87. The Labute approximate surface area is 122 Å². The maximum Gasteiger partial charge on any atom is 0.115 e. The zero-order valence-electron chi connectivity index (χ0n) is 11.8. The minimum Gasteiger partial charge on any atom is -0.324 e. The lowest BCUT2D eigenvalue weighted by Gasteiger charge is -2.07. The van der Waals surface area contributed by atoms with Crippen molar-refractivity contribution in [2.45, 2.75) is 13.5 Å². The van der Waals surface area contributed by atoms with Gasteiger partial charge in [-0.25, -0.2) is 4.98 Å². The fraction of sp³-hybridized carbons (Fsp3) is 0.111. The largest absolute Gasteiger partial charge is 0.324 e. The molecule has 2 heterocycles. The zero-order chi connectivity index (χ0) is 14.2. The van der Waals surface area contributed by atoms with Gasteiger partial charge in [-0.1, -0.05) is 42.5 Å². The minimum absolute atomic E-state index is 0.835. The summed E-state index contributed by atoms with van der Waals surface area (Å²) >= 11 is 0. The van der Waals surface area contributed by atoms with Crippen LogP contribution in [0.15, 0.2) is 60.8 Å². The highest BCUT2D eigenvalue weighted by Crippen LogP contribution is 2.24. The topological polar surface area (TPSA) is 30.7 Å². The molecule has 4 aromatic rings. The van der Waals surface area contributed by atoms with Gasteiger partial charge in [0, 0.05) is 18.1 Å². The lowest BCUT2D eigenvalue weighted by Crippen LogP contribution is -2.01. The number of aryl methyl sites for hydroxylation is 1. The van der Waals surface area contributed by atoms with E-state index in [2.05, 4.69) is 58.9 Å². The summed E-state index contributed by atoms with van der Waals surface area (Å²) in [5.41, 5.74) is 4.38. The Hall–Kier alpha value is -2.68. The summed E-state index contributed by atoms with van der Waals surface area (Å²) in [6, 6.07) is 18.8. The number of hydrogen-bond acceptors (Lipinski definition) is 2. The summed E-state index contributed by atoms with van der Waals surface area (Å²) in [4.78, 5) is 9.23. The number of rotatable bonds is 2. The Kier molecular flexibility index (Phi) is 2.71. The molecule has 0 saturated carbocycles. The minimum atomic E-state index is 0.835. The van der Waals surface area contributed by atoms with Gasteiger partial charge in [-0.2, -0.15) is 0 Å². The van der Waals surface area contributed by atoms with Crippen molar-refractivity contribution in [3.63, 3.8) is 0 Å². The van der Waals surface area contributed by atoms with E-state index in [4.69, 9.17) is 4.98 Å². The summed E-state index contributed by atoms with van der Waals surface area (Å²) in [6.07, 6.45) is 1.83. The Balaban J connectivity index is 1.93. The highest BCUT2D eigenvalue weighted by molar-refractivity contribution is 6.01. The molecule has 2 aromatic heterocycles. The van der Waals surface area contributed by atoms with Crippen molar-refractivity contribution in [1.82, 2.24) is 14.5 Å². The van der Waals surface area contributed by atoms with E-state index in [1.165, 1.54) is 5.56 Å². The summed E-state index contributed by atoms with van der Waals surface area (Å²) in [7, 11) is 0. The van der Waals surface area contributed by atoms with E-state index < -0.39 is 0 Å². The molecule has 0 bridgehead atoms. The third kappa shape index (κ3) is 1.98. The summed E-state index contributed by atoms with van der Waals surface area (Å²) in [6.45, 7) is 2.89. The first-order chi connectivity index (χ1) is 10.3. The van der Waals surface area contributed by atoms with E-state index in [-0.39, 0.29) is 0 Å². The van der Waals surface area contributed by atoms with E-state index >= 15 is 0 Å². The molecule has 3 nitrogen and oxygen atoms in total. The van der Waals surface area contributed by atoms with Crippen molar-refractivity contribution in [3.8, 4) is 0 Å². The average Bonchev–Trinajstić information content (AvgIpc) is 2.85. The molecule has 0 aliphatic heterocycles. The van der Waals surface area contributed by atoms with Gasteiger partial charge in [0.15, 0.2) is 0 Å². The first-order valence-corrected chi connectivity index (χ1v) is 7.07. The fourth-order valence-electron chi connectivity index (χ4n) is 2.81. The number of nitrogens with zero attached hydrogens (tertiary/aromatic N) is 3. The van der Waals surface area contributed by atoms with Crippen LogP contribution >= 0.6 is 0 Å². The first kappa shape index (κ1) is 12.1. The third-order valence-electron chi connectivity index (χ3n) is 3.87. The van der Waals surface area contributed by atoms with Crippen LogP contribution in [0.1, 0.15) is 11.4 Å². The van der Waals surface area contributed by atoms with Crippen LogP contribution in [0.4, 0.5) is 0 Å². The smallest absolute Gasteiger partial charge is 0.115 e. The molecule has 3 heteroatoms. The van der Waals surface area contributed by atoms with Crippen LogP contribution in [-0.4, -0.2) is 14.5 Å². The molecule has 0 unspecified atom stereocenters. The molecule has 21 heavy (non-hydrogen) atoms. The standard InChI is InChI=1S/C18H15N3/c1-13-20-18-16(10-9-15-8-5-11-19-17(15)18)21(13)12-14-6-3-2-4-7-14/h2-11H,12H2,1H3. The van der Waals surface area contributed by atoms with Crippen LogP contribution in [0.2, 0.25) is 0 Å². The summed E-state index contributed by atoms with van der Waals surface area (Å²) < 4.78 is 2.25. The van der Waals surface area contributed by atoms with Gasteiger partial charge >= 0.3 is 0 Å². The molecule has 0 N–H and O–H groups in total. The molecular weight excluding hydrogens is 258 g/mol. The van der Waals surface area contributed by atoms with Gasteiger partial charge in [-0.15, -0.1) is 0 Å². The summed E-state index contributed by atoms with van der Waals surface area (Å²) in [5, 5.41) is 1.13. The molecule has 0 aliphatic carbocycles. The molecule has 0 fully saturated rings. The first-order valence-electron chi connectivity index (χ1n) is 7.07. The van der Waals surface area contributed by atoms with Crippen molar-refractivity contribution in [3.05, 3.63) is 72.2 Å². The van der Waals surface area contributed by atoms with Crippen molar-refractivity contribution < 1.29 is 0 Å². The van der Waals surface area contributed by atoms with E-state index in [9.17, 15) is 0 Å². The van der Waals surface area contributed by atoms with Crippen molar-refractivity contribution in [2.24, 2.45) is 0 Å². The number of hydrogen-bond donors (Lipinski definition) is 0. The number of fused-ring (bicyclic) bond motifs is 3. The second-order valence-electron chi connectivity index (χ2n) is 5.24. The summed E-state index contributed by atoms with van der Waals surface area (Å²) in [5.74, 6) is 1.02. The average molecular weight is 273 g/mol. The van der Waals surface area contributed by atoms with Crippen LogP contribution in [-0.2, 0) is 6.54 Å². The highest BCUT2D eigenvalue weighted by Gasteiger charge is 2.11. The molecule has 0 saturated heterocycles. The van der Waals surface area contributed by atoms with Crippen LogP contribution in [0, 0.1) is 6.92 Å². The van der Waals surface area contributed by atoms with Crippen LogP contribution in [0.25, 0.3) is 21.9 Å². The predicted molar refractivity (Wildman–Crippen MR) is 85.3 cm³/mol. The molecular formula is C18H15N3. The monoisotopic (exact) mass is 273 g/mol. The maximum absolute atomic E-state index is 4.74. The normalized spacial score (nSPS) is 11.3. The molecule has 0 radical (unpaired) electrons. The van der Waals surface area contributed by atoms with Gasteiger partial charge in [-0.05, 0) is 24.6 Å². The van der Waals surface area contributed by atoms with Gasteiger partial charge in [0.25, 0.3) is 0 Å². The number of aromatic nitrogens is 3. The molecule has 0 amide bonds. The molecule has 2 aromatic carbocycles. The van der Waals surface area contributed by atoms with E-state index in [1.54, 1.807) is 0 Å². The van der Waals surface area contributed by atoms with Gasteiger partial charge < -0.3 is 4.57 Å². The SMILES string of the molecule is Cc1nc2c3ncccc3ccc2n1Cc1ccccc1. The molecule has 0 aliphatic rings. The van der Waals surface area contributed by atoms with Crippen molar-refractivity contribution in [1.29, 1.82) is 0 Å². The Morgan fingerprint density at radius 2 is 1.76 bits per heavy atom. The number of pyridine rings is 1. The van der Waals surface area contributed by atoms with Crippen LogP contribution in [0.3, 0.4) is 0 Å². The Morgan fingerprint density at radius 3 is 2.62 bits per heavy atom. The quantitative estimate of drug-likeness (QED) is 0.554. The Morgan fingerprint density at radius 1 is 0.905 bits per heavy atom. The van der Waals surface area contributed by atoms with E-state index in [0.29, 0.717) is 0 Å². The van der Waals surface area contributed by atoms with Crippen molar-refractivity contribution >= 4 is 21.9 Å². The second-order valence-corrected chi connectivity index (χ2v) is 5.24. The molecule has 0 atom stereocenters. The second kappa shape index (κ2) is 4.70. The molecule has 0 spiro atoms. The molecule has 102 valence electrons. The van der Waals surface area contributed by atoms with E-state index in [1.807, 2.05) is 18.3 Å². The van der Waals surface area contributed by atoms with E-state index in [0.717, 1.165) is 34.3 Å². The van der Waals surface area contributed by atoms with Gasteiger partial charge in [-0.3, -0.25) is 4.98 Å². The molecule has 4 rings (SSSR count). The lowest BCUT2D eigenvalue weighted by atomic mass is 10.2. The van der Waals surface area contributed by atoms with Crippen molar-refractivity contribution in [2.75, 3.05) is 0 Å². The van der Waals surface area contributed by atoms with Crippen LogP contribution < -0.4 is 0 Å². The van der Waals surface area contributed by atoms with Gasteiger partial charge in [0.1, 0.15) is 11.3 Å². The Bertz CT molecular complexity index is 923. The van der Waals surface area contributed by atoms with Crippen LogP contribution in [0.5, 0.6) is 0 Å². The lowest BCUT2D eigenvalue weighted by molar-refractivity contribution is 0.786. The van der Waals surface area contributed by atoms with Gasteiger partial charge in [0.2, 0.25) is 0 Å². The van der Waals surface area contributed by atoms with Gasteiger partial charge in [0.05, 0.1) is 11.0 Å². The fourth-order valence-corrected chi connectivity index (χ4v) is 2.81. The maximum atomic E-state index is 4.74. The zero-order valence-corrected chi connectivity index (χ0v) is 11.8. The number of benzene rings is 2. The number of imidazole rings is 1. The highest BCUT2D eigenvalue weighted by atomic mass is 15.1.